The van der Waals surface area contributed by atoms with E-state index in [0.717, 1.165) is 37.6 Å². The van der Waals surface area contributed by atoms with Crippen molar-refractivity contribution in [2.45, 2.75) is 39.3 Å². The summed E-state index contributed by atoms with van der Waals surface area (Å²) in [7, 11) is 0. The Labute approximate surface area is 131 Å². The van der Waals surface area contributed by atoms with E-state index in [1.807, 2.05) is 18.5 Å². The minimum Gasteiger partial charge on any atom is -0.374 e. The van der Waals surface area contributed by atoms with E-state index in [9.17, 15) is 5.26 Å². The molecule has 2 heterocycles. The van der Waals surface area contributed by atoms with Crippen LogP contribution >= 0.6 is 0 Å². The van der Waals surface area contributed by atoms with Crippen LogP contribution in [0.25, 0.3) is 0 Å². The van der Waals surface area contributed by atoms with E-state index in [1.54, 1.807) is 0 Å². The summed E-state index contributed by atoms with van der Waals surface area (Å²) in [5.74, 6) is -0.0768. The van der Waals surface area contributed by atoms with E-state index in [2.05, 4.69) is 28.2 Å². The largest absolute Gasteiger partial charge is 0.374 e. The van der Waals surface area contributed by atoms with Crippen LogP contribution in [0.4, 0.5) is 0 Å². The monoisotopic (exact) mass is 301 g/mol. The molecule has 0 saturated carbocycles. The number of nitriles is 2. The lowest BCUT2D eigenvalue weighted by Gasteiger charge is -2.34. The maximum absolute atomic E-state index is 9.19. The van der Waals surface area contributed by atoms with Gasteiger partial charge in [0.15, 0.2) is 0 Å². The van der Waals surface area contributed by atoms with Crippen molar-refractivity contribution in [1.82, 2.24) is 14.7 Å². The molecule has 0 N–H and O–H groups in total. The first-order valence-electron chi connectivity index (χ1n) is 7.74. The van der Waals surface area contributed by atoms with Crippen LogP contribution in [-0.4, -0.2) is 47.0 Å². The van der Waals surface area contributed by atoms with Gasteiger partial charge in [-0.2, -0.15) is 15.6 Å². The van der Waals surface area contributed by atoms with Crippen molar-refractivity contribution in [2.24, 2.45) is 5.92 Å². The van der Waals surface area contributed by atoms with Gasteiger partial charge in [0.1, 0.15) is 0 Å². The SMILES string of the molecule is Cc1cc(C)n(C[C@H]2CN(C[C@H](C#N)CCC#N)CCO2)n1. The fraction of sp³-hybridized carbons (Fsp3) is 0.688. The molecule has 1 fully saturated rings. The van der Waals surface area contributed by atoms with Crippen molar-refractivity contribution >= 4 is 0 Å². The van der Waals surface area contributed by atoms with Crippen molar-refractivity contribution in [3.63, 3.8) is 0 Å². The van der Waals surface area contributed by atoms with Crippen LogP contribution in [0, 0.1) is 42.4 Å². The number of hydrogen-bond donors (Lipinski definition) is 0. The Balaban J connectivity index is 1.87. The Bertz CT molecular complexity index is 568. The number of aryl methyl sites for hydroxylation is 2. The summed E-state index contributed by atoms with van der Waals surface area (Å²) in [6.45, 7) is 7.83. The van der Waals surface area contributed by atoms with Gasteiger partial charge in [0, 0.05) is 31.7 Å². The van der Waals surface area contributed by atoms with Crippen LogP contribution in [0.15, 0.2) is 6.07 Å². The number of hydrogen-bond acceptors (Lipinski definition) is 5. The van der Waals surface area contributed by atoms with Crippen LogP contribution in [0.5, 0.6) is 0 Å². The molecule has 2 atom stereocenters. The predicted octanol–water partition coefficient (Wildman–Crippen LogP) is 1.64. The van der Waals surface area contributed by atoms with Crippen molar-refractivity contribution in [3.8, 4) is 12.1 Å². The van der Waals surface area contributed by atoms with E-state index < -0.39 is 0 Å². The molecule has 0 unspecified atom stereocenters. The maximum atomic E-state index is 9.19. The molecule has 1 aromatic heterocycles. The van der Waals surface area contributed by atoms with E-state index in [0.29, 0.717) is 19.4 Å². The zero-order valence-corrected chi connectivity index (χ0v) is 13.3. The fourth-order valence-corrected chi connectivity index (χ4v) is 2.86. The van der Waals surface area contributed by atoms with Crippen LogP contribution in [0.2, 0.25) is 0 Å². The van der Waals surface area contributed by atoms with Crippen molar-refractivity contribution in [2.75, 3.05) is 26.2 Å². The van der Waals surface area contributed by atoms with Gasteiger partial charge in [-0.3, -0.25) is 9.58 Å². The zero-order valence-electron chi connectivity index (χ0n) is 13.3. The molecular weight excluding hydrogens is 278 g/mol. The molecule has 118 valence electrons. The third kappa shape index (κ3) is 4.56. The van der Waals surface area contributed by atoms with Gasteiger partial charge in [-0.1, -0.05) is 0 Å². The van der Waals surface area contributed by atoms with Gasteiger partial charge >= 0.3 is 0 Å². The van der Waals surface area contributed by atoms with Gasteiger partial charge in [-0.25, -0.2) is 0 Å². The molecular formula is C16H23N5O. The van der Waals surface area contributed by atoms with Crippen LogP contribution in [-0.2, 0) is 11.3 Å². The minimum atomic E-state index is -0.0768. The average Bonchev–Trinajstić information content (AvgIpc) is 2.81. The first-order chi connectivity index (χ1) is 10.6. The average molecular weight is 301 g/mol. The maximum Gasteiger partial charge on any atom is 0.0898 e. The quantitative estimate of drug-likeness (QED) is 0.798. The summed E-state index contributed by atoms with van der Waals surface area (Å²) >= 11 is 0. The molecule has 1 saturated heterocycles. The smallest absolute Gasteiger partial charge is 0.0898 e. The highest BCUT2D eigenvalue weighted by atomic mass is 16.5. The third-order valence-electron chi connectivity index (χ3n) is 3.97. The Morgan fingerprint density at radius 2 is 2.27 bits per heavy atom. The molecule has 2 rings (SSSR count). The fourth-order valence-electron chi connectivity index (χ4n) is 2.86. The number of aromatic nitrogens is 2. The summed E-state index contributed by atoms with van der Waals surface area (Å²) in [4.78, 5) is 2.27. The summed E-state index contributed by atoms with van der Waals surface area (Å²) in [6, 6.07) is 6.49. The van der Waals surface area contributed by atoms with Crippen molar-refractivity contribution in [1.29, 1.82) is 10.5 Å². The van der Waals surface area contributed by atoms with Crippen LogP contribution < -0.4 is 0 Å². The highest BCUT2D eigenvalue weighted by Crippen LogP contribution is 2.14. The van der Waals surface area contributed by atoms with Crippen LogP contribution in [0.1, 0.15) is 24.2 Å². The number of morpholine rings is 1. The van der Waals surface area contributed by atoms with Crippen molar-refractivity contribution < 1.29 is 4.74 Å². The van der Waals surface area contributed by atoms with Crippen molar-refractivity contribution in [3.05, 3.63) is 17.5 Å². The molecule has 6 nitrogen and oxygen atoms in total. The highest BCUT2D eigenvalue weighted by molar-refractivity contribution is 5.06. The summed E-state index contributed by atoms with van der Waals surface area (Å²) < 4.78 is 7.82. The summed E-state index contributed by atoms with van der Waals surface area (Å²) in [6.07, 6.45) is 1.19. The summed E-state index contributed by atoms with van der Waals surface area (Å²) in [5, 5.41) is 22.3. The second-order valence-corrected chi connectivity index (χ2v) is 5.88. The molecule has 0 aliphatic carbocycles. The van der Waals surface area contributed by atoms with E-state index >= 15 is 0 Å². The molecule has 22 heavy (non-hydrogen) atoms. The lowest BCUT2D eigenvalue weighted by Crippen LogP contribution is -2.46. The standard InChI is InChI=1S/C16H23N5O/c1-13-8-14(2)21(19-13)12-16-11-20(6-7-22-16)10-15(9-18)4-3-5-17/h8,15-16H,3-4,6-7,10-12H2,1-2H3/t15-,16+/m0/s1. The number of nitrogens with zero attached hydrogens (tertiary/aromatic N) is 5. The van der Waals surface area contributed by atoms with E-state index in [-0.39, 0.29) is 12.0 Å². The molecule has 0 amide bonds. The molecule has 1 aliphatic rings. The molecule has 1 aromatic rings. The molecule has 0 radical (unpaired) electrons. The lowest BCUT2D eigenvalue weighted by atomic mass is 10.0. The Morgan fingerprint density at radius 3 is 2.91 bits per heavy atom. The molecule has 6 heteroatoms. The van der Waals surface area contributed by atoms with E-state index in [4.69, 9.17) is 10.00 Å². The predicted molar refractivity (Wildman–Crippen MR) is 81.8 cm³/mol. The zero-order chi connectivity index (χ0) is 15.9. The first-order valence-corrected chi connectivity index (χ1v) is 7.74. The lowest BCUT2D eigenvalue weighted by molar-refractivity contribution is -0.0403. The Hall–Kier alpha value is -1.89. The second kappa shape index (κ2) is 7.93. The molecule has 0 aromatic carbocycles. The number of ether oxygens (including phenoxy) is 1. The van der Waals surface area contributed by atoms with Gasteiger partial charge < -0.3 is 4.74 Å². The summed E-state index contributed by atoms with van der Waals surface area (Å²) in [5.41, 5.74) is 2.16. The number of rotatable bonds is 6. The first kappa shape index (κ1) is 16.5. The highest BCUT2D eigenvalue weighted by Gasteiger charge is 2.23. The second-order valence-electron chi connectivity index (χ2n) is 5.88. The normalized spacial score (nSPS) is 20.3. The van der Waals surface area contributed by atoms with Gasteiger partial charge in [0.2, 0.25) is 0 Å². The Morgan fingerprint density at radius 1 is 1.45 bits per heavy atom. The molecule has 0 spiro atoms. The minimum absolute atomic E-state index is 0.0768. The van der Waals surface area contributed by atoms with Crippen LogP contribution in [0.3, 0.4) is 0 Å². The topological polar surface area (TPSA) is 77.9 Å². The van der Waals surface area contributed by atoms with Gasteiger partial charge in [-0.15, -0.1) is 0 Å². The van der Waals surface area contributed by atoms with Gasteiger partial charge in [0.25, 0.3) is 0 Å². The third-order valence-corrected chi connectivity index (χ3v) is 3.97. The molecule has 0 bridgehead atoms. The Kier molecular flexibility index (Phi) is 5.94. The van der Waals surface area contributed by atoms with Gasteiger partial charge in [-0.05, 0) is 26.3 Å². The van der Waals surface area contributed by atoms with Gasteiger partial charge in [0.05, 0.1) is 43.0 Å². The van der Waals surface area contributed by atoms with E-state index in [1.165, 1.54) is 0 Å². The molecule has 1 aliphatic heterocycles.